The van der Waals surface area contributed by atoms with Crippen LogP contribution in [-0.4, -0.2) is 33.7 Å². The van der Waals surface area contributed by atoms with Crippen LogP contribution in [0.4, 0.5) is 0 Å². The van der Waals surface area contributed by atoms with Gasteiger partial charge < -0.3 is 20.2 Å². The van der Waals surface area contributed by atoms with Gasteiger partial charge in [0.2, 0.25) is 5.91 Å². The Bertz CT molecular complexity index is 233. The van der Waals surface area contributed by atoms with E-state index in [-0.39, 0.29) is 0 Å². The Morgan fingerprint density at radius 2 is 1.92 bits per heavy atom. The van der Waals surface area contributed by atoms with Gasteiger partial charge in [-0.25, -0.2) is 0 Å². The summed E-state index contributed by atoms with van der Waals surface area (Å²) in [6.45, 7) is 2.26. The van der Waals surface area contributed by atoms with Gasteiger partial charge in [0, 0.05) is 0 Å². The average Bonchev–Trinajstić information content (AvgIpc) is 1.82. The van der Waals surface area contributed by atoms with E-state index >= 15 is 0 Å². The molecule has 0 aliphatic carbocycles. The van der Waals surface area contributed by atoms with E-state index in [1.165, 1.54) is 13.8 Å². The van der Waals surface area contributed by atoms with Crippen LogP contribution >= 0.6 is 7.60 Å². The summed E-state index contributed by atoms with van der Waals surface area (Å²) in [4.78, 5) is 28.4. The summed E-state index contributed by atoms with van der Waals surface area (Å²) in [7, 11) is -4.21. The Morgan fingerprint density at radius 3 is 2.23 bits per heavy atom. The van der Waals surface area contributed by atoms with E-state index in [1.807, 2.05) is 0 Å². The molecule has 0 radical (unpaired) electrons. The van der Waals surface area contributed by atoms with Gasteiger partial charge >= 0.3 is 7.60 Å². The maximum absolute atomic E-state index is 11.1. The number of carbonyl (C=O) groups excluding carboxylic acids is 1. The summed E-state index contributed by atoms with van der Waals surface area (Å²) in [6.07, 6.45) is -0.536. The molecule has 13 heavy (non-hydrogen) atoms. The van der Waals surface area contributed by atoms with Gasteiger partial charge in [-0.05, 0) is 0 Å². The molecule has 0 saturated carbocycles. The first kappa shape index (κ1) is 12.6. The van der Waals surface area contributed by atoms with Crippen LogP contribution in [0.1, 0.15) is 13.8 Å². The van der Waals surface area contributed by atoms with Crippen molar-refractivity contribution in [1.29, 1.82) is 0 Å². The van der Waals surface area contributed by atoms with Crippen LogP contribution in [-0.2, 0) is 9.36 Å². The molecule has 0 aromatic rings. The highest BCUT2D eigenvalue weighted by Gasteiger charge is 2.34. The highest BCUT2D eigenvalue weighted by molar-refractivity contribution is 7.51. The number of nitrogens with one attached hydrogen (secondary N) is 1. The number of amides is 1. The Kier molecular flexibility index (Phi) is 4.06. The summed E-state index contributed by atoms with van der Waals surface area (Å²) in [6, 6.07) is 0. The summed E-state index contributed by atoms with van der Waals surface area (Å²) in [5.41, 5.74) is -1.18. The van der Waals surface area contributed by atoms with Crippen molar-refractivity contribution >= 4 is 13.5 Å². The van der Waals surface area contributed by atoms with Gasteiger partial charge in [-0.3, -0.25) is 9.36 Å². The van der Waals surface area contributed by atoms with E-state index < -0.39 is 31.8 Å². The third kappa shape index (κ3) is 5.00. The first-order valence-corrected chi connectivity index (χ1v) is 5.42. The van der Waals surface area contributed by atoms with E-state index in [9.17, 15) is 9.36 Å². The number of hydrogen-bond donors (Lipinski definition) is 4. The molecule has 0 fully saturated rings. The summed E-state index contributed by atoms with van der Waals surface area (Å²) in [5.74, 6) is -0.585. The standard InChI is InChI=1S/C6H14NO5P/c1-6(2,3-13(10,11)12)5(9)7-4-8/h8H,3-4H2,1-2H3,(H,7,9)(H2,10,11,12). The van der Waals surface area contributed by atoms with Crippen molar-refractivity contribution < 1.29 is 24.3 Å². The van der Waals surface area contributed by atoms with Crippen LogP contribution in [0, 0.1) is 5.41 Å². The Balaban J connectivity index is 4.39. The molecule has 0 spiro atoms. The number of hydrogen-bond acceptors (Lipinski definition) is 3. The Labute approximate surface area is 76.1 Å². The highest BCUT2D eigenvalue weighted by Crippen LogP contribution is 2.41. The van der Waals surface area contributed by atoms with Crippen molar-refractivity contribution in [3.63, 3.8) is 0 Å². The number of carbonyl (C=O) groups is 1. The first-order valence-electron chi connectivity index (χ1n) is 3.63. The fourth-order valence-corrected chi connectivity index (χ4v) is 2.07. The molecular formula is C6H14NO5P. The normalized spacial score (nSPS) is 12.7. The second-order valence-electron chi connectivity index (χ2n) is 3.37. The zero-order valence-corrected chi connectivity index (χ0v) is 8.41. The minimum absolute atomic E-state index is 0.536. The lowest BCUT2D eigenvalue weighted by Crippen LogP contribution is -2.39. The lowest BCUT2D eigenvalue weighted by atomic mass is 9.95. The number of rotatable bonds is 4. The highest BCUT2D eigenvalue weighted by atomic mass is 31.2. The largest absolute Gasteiger partial charge is 0.377 e. The smallest absolute Gasteiger partial charge is 0.326 e. The van der Waals surface area contributed by atoms with Gasteiger partial charge in [-0.2, -0.15) is 0 Å². The summed E-state index contributed by atoms with van der Waals surface area (Å²) in [5, 5.41) is 10.5. The third-order valence-corrected chi connectivity index (χ3v) is 2.66. The molecule has 6 nitrogen and oxygen atoms in total. The van der Waals surface area contributed by atoms with Crippen molar-refractivity contribution in [2.75, 3.05) is 12.9 Å². The van der Waals surface area contributed by atoms with Crippen molar-refractivity contribution in [2.24, 2.45) is 5.41 Å². The van der Waals surface area contributed by atoms with Crippen LogP contribution in [0.5, 0.6) is 0 Å². The van der Waals surface area contributed by atoms with E-state index in [0.717, 1.165) is 0 Å². The Morgan fingerprint density at radius 1 is 1.46 bits per heavy atom. The maximum Gasteiger partial charge on any atom is 0.326 e. The predicted octanol–water partition coefficient (Wildman–Crippen LogP) is -0.744. The lowest BCUT2D eigenvalue weighted by Gasteiger charge is -2.22. The number of aliphatic hydroxyl groups is 1. The molecule has 0 unspecified atom stereocenters. The van der Waals surface area contributed by atoms with Gasteiger partial charge in [0.15, 0.2) is 0 Å². The molecule has 7 heteroatoms. The van der Waals surface area contributed by atoms with Gasteiger partial charge in [0.1, 0.15) is 6.73 Å². The van der Waals surface area contributed by atoms with E-state index in [1.54, 1.807) is 0 Å². The zero-order valence-electron chi connectivity index (χ0n) is 7.52. The molecule has 0 aliphatic heterocycles. The maximum atomic E-state index is 11.1. The van der Waals surface area contributed by atoms with Crippen molar-refractivity contribution in [1.82, 2.24) is 5.32 Å². The molecule has 0 aromatic carbocycles. The van der Waals surface area contributed by atoms with Gasteiger partial charge in [0.25, 0.3) is 0 Å². The van der Waals surface area contributed by atoms with E-state index in [4.69, 9.17) is 14.9 Å². The molecule has 0 heterocycles. The zero-order chi connectivity index (χ0) is 10.7. The van der Waals surface area contributed by atoms with E-state index in [2.05, 4.69) is 5.32 Å². The first-order chi connectivity index (χ1) is 5.69. The molecule has 0 bridgehead atoms. The molecule has 0 saturated heterocycles. The van der Waals surface area contributed by atoms with Crippen LogP contribution < -0.4 is 5.32 Å². The fraction of sp³-hybridized carbons (Fsp3) is 0.833. The quantitative estimate of drug-likeness (QED) is 0.362. The molecule has 1 amide bonds. The van der Waals surface area contributed by atoms with Gasteiger partial charge in [-0.1, -0.05) is 13.8 Å². The van der Waals surface area contributed by atoms with Crippen molar-refractivity contribution in [2.45, 2.75) is 13.8 Å². The molecule has 4 N–H and O–H groups in total. The number of aliphatic hydroxyl groups excluding tert-OH is 1. The second kappa shape index (κ2) is 4.19. The topological polar surface area (TPSA) is 107 Å². The minimum atomic E-state index is -4.21. The molecule has 0 atom stereocenters. The monoisotopic (exact) mass is 211 g/mol. The fourth-order valence-electron chi connectivity index (χ4n) is 0.898. The van der Waals surface area contributed by atoms with Crippen molar-refractivity contribution in [3.8, 4) is 0 Å². The molecule has 0 aromatic heterocycles. The lowest BCUT2D eigenvalue weighted by molar-refractivity contribution is -0.129. The molecule has 78 valence electrons. The predicted molar refractivity (Wildman–Crippen MR) is 45.9 cm³/mol. The SMILES string of the molecule is CC(C)(CP(=O)(O)O)C(=O)NCO. The summed E-state index contributed by atoms with van der Waals surface area (Å²) < 4.78 is 10.6. The summed E-state index contributed by atoms with van der Waals surface area (Å²) >= 11 is 0. The second-order valence-corrected chi connectivity index (χ2v) is 5.02. The van der Waals surface area contributed by atoms with Gasteiger partial charge in [-0.15, -0.1) is 0 Å². The van der Waals surface area contributed by atoms with Crippen LogP contribution in [0.25, 0.3) is 0 Å². The average molecular weight is 211 g/mol. The van der Waals surface area contributed by atoms with Crippen LogP contribution in [0.2, 0.25) is 0 Å². The van der Waals surface area contributed by atoms with Crippen LogP contribution in [0.3, 0.4) is 0 Å². The van der Waals surface area contributed by atoms with Gasteiger partial charge in [0.05, 0.1) is 11.6 Å². The molecule has 0 aliphatic rings. The van der Waals surface area contributed by atoms with Crippen molar-refractivity contribution in [3.05, 3.63) is 0 Å². The third-order valence-electron chi connectivity index (χ3n) is 1.46. The Hall–Kier alpha value is -0.420. The minimum Gasteiger partial charge on any atom is -0.377 e. The van der Waals surface area contributed by atoms with Crippen LogP contribution in [0.15, 0.2) is 0 Å². The molecule has 0 rings (SSSR count). The van der Waals surface area contributed by atoms with E-state index in [0.29, 0.717) is 0 Å². The molecular weight excluding hydrogens is 197 g/mol.